The SMILES string of the molecule is CC(C)N(C)CCNC1CCCN(C(=O)OC(C)(C)C)C1. The molecule has 5 heteroatoms. The molecule has 1 amide bonds. The van der Waals surface area contributed by atoms with Gasteiger partial charge in [-0.05, 0) is 54.5 Å². The molecule has 0 spiro atoms. The number of hydrogen-bond donors (Lipinski definition) is 1. The fraction of sp³-hybridized carbons (Fsp3) is 0.938. The average Bonchev–Trinajstić information content (AvgIpc) is 2.36. The van der Waals surface area contributed by atoms with Crippen molar-refractivity contribution in [2.45, 2.75) is 65.1 Å². The Balaban J connectivity index is 2.33. The zero-order chi connectivity index (χ0) is 16.0. The molecule has 124 valence electrons. The first-order valence-corrected chi connectivity index (χ1v) is 8.10. The fourth-order valence-electron chi connectivity index (χ4n) is 2.34. The van der Waals surface area contributed by atoms with Gasteiger partial charge in [-0.15, -0.1) is 0 Å². The molecule has 0 radical (unpaired) electrons. The van der Waals surface area contributed by atoms with Crippen LogP contribution in [0.4, 0.5) is 4.79 Å². The van der Waals surface area contributed by atoms with Gasteiger partial charge in [0.25, 0.3) is 0 Å². The number of nitrogens with zero attached hydrogens (tertiary/aromatic N) is 2. The highest BCUT2D eigenvalue weighted by Crippen LogP contribution is 2.15. The van der Waals surface area contributed by atoms with Crippen molar-refractivity contribution in [1.82, 2.24) is 15.1 Å². The van der Waals surface area contributed by atoms with Crippen LogP contribution >= 0.6 is 0 Å². The highest BCUT2D eigenvalue weighted by molar-refractivity contribution is 5.68. The number of amides is 1. The van der Waals surface area contributed by atoms with Crippen LogP contribution in [0.5, 0.6) is 0 Å². The lowest BCUT2D eigenvalue weighted by atomic mass is 10.1. The molecule has 1 atom stereocenters. The quantitative estimate of drug-likeness (QED) is 0.846. The monoisotopic (exact) mass is 299 g/mol. The highest BCUT2D eigenvalue weighted by atomic mass is 16.6. The van der Waals surface area contributed by atoms with Gasteiger partial charge in [-0.1, -0.05) is 0 Å². The van der Waals surface area contributed by atoms with E-state index in [9.17, 15) is 4.79 Å². The molecule has 0 aromatic carbocycles. The molecular weight excluding hydrogens is 266 g/mol. The molecule has 1 N–H and O–H groups in total. The van der Waals surface area contributed by atoms with E-state index >= 15 is 0 Å². The van der Waals surface area contributed by atoms with Gasteiger partial charge in [-0.2, -0.15) is 0 Å². The minimum absolute atomic E-state index is 0.187. The number of nitrogens with one attached hydrogen (secondary N) is 1. The summed E-state index contributed by atoms with van der Waals surface area (Å²) in [5, 5.41) is 3.56. The normalized spacial score (nSPS) is 20.2. The van der Waals surface area contributed by atoms with E-state index in [1.165, 1.54) is 0 Å². The molecule has 0 aliphatic carbocycles. The lowest BCUT2D eigenvalue weighted by Crippen LogP contribution is -2.50. The Kier molecular flexibility index (Phi) is 6.94. The largest absolute Gasteiger partial charge is 0.444 e. The van der Waals surface area contributed by atoms with E-state index in [2.05, 4.69) is 31.1 Å². The summed E-state index contributed by atoms with van der Waals surface area (Å²) in [6, 6.07) is 0.947. The van der Waals surface area contributed by atoms with Crippen molar-refractivity contribution in [1.29, 1.82) is 0 Å². The summed E-state index contributed by atoms with van der Waals surface area (Å²) in [5.74, 6) is 0. The van der Waals surface area contributed by atoms with Gasteiger partial charge in [0.15, 0.2) is 0 Å². The van der Waals surface area contributed by atoms with Crippen molar-refractivity contribution in [3.8, 4) is 0 Å². The summed E-state index contributed by atoms with van der Waals surface area (Å²) in [4.78, 5) is 16.3. The Morgan fingerprint density at radius 2 is 2.10 bits per heavy atom. The number of piperidine rings is 1. The predicted octanol–water partition coefficient (Wildman–Crippen LogP) is 2.32. The molecule has 21 heavy (non-hydrogen) atoms. The second kappa shape index (κ2) is 7.99. The molecule has 1 unspecified atom stereocenters. The van der Waals surface area contributed by atoms with Gasteiger partial charge in [-0.3, -0.25) is 0 Å². The van der Waals surface area contributed by atoms with Gasteiger partial charge in [-0.25, -0.2) is 4.79 Å². The van der Waals surface area contributed by atoms with Crippen LogP contribution in [-0.2, 0) is 4.74 Å². The third kappa shape index (κ3) is 7.14. The summed E-state index contributed by atoms with van der Waals surface area (Å²) in [6.45, 7) is 13.7. The van der Waals surface area contributed by atoms with Gasteiger partial charge in [0.2, 0.25) is 0 Å². The first-order valence-electron chi connectivity index (χ1n) is 8.10. The van der Waals surface area contributed by atoms with Crippen LogP contribution in [-0.4, -0.2) is 66.8 Å². The lowest BCUT2D eigenvalue weighted by molar-refractivity contribution is 0.0187. The minimum Gasteiger partial charge on any atom is -0.444 e. The predicted molar refractivity (Wildman–Crippen MR) is 86.6 cm³/mol. The molecule has 1 fully saturated rings. The number of ether oxygens (including phenoxy) is 1. The number of hydrogen-bond acceptors (Lipinski definition) is 4. The second-order valence-electron chi connectivity index (χ2n) is 7.29. The standard InChI is InChI=1S/C16H33N3O2/c1-13(2)18(6)11-9-17-14-8-7-10-19(12-14)15(20)21-16(3,4)5/h13-14,17H,7-12H2,1-6H3. The molecule has 0 aromatic heterocycles. The number of carbonyl (C=O) groups excluding carboxylic acids is 1. The maximum atomic E-state index is 12.1. The van der Waals surface area contributed by atoms with E-state index in [0.29, 0.717) is 12.1 Å². The number of likely N-dealkylation sites (N-methyl/N-ethyl adjacent to an activating group) is 1. The summed E-state index contributed by atoms with van der Waals surface area (Å²) >= 11 is 0. The number of carbonyl (C=O) groups is 1. The van der Waals surface area contributed by atoms with Gasteiger partial charge in [0, 0.05) is 38.3 Å². The molecule has 5 nitrogen and oxygen atoms in total. The van der Waals surface area contributed by atoms with E-state index in [4.69, 9.17) is 4.74 Å². The Hall–Kier alpha value is -0.810. The topological polar surface area (TPSA) is 44.8 Å². The van der Waals surface area contributed by atoms with Gasteiger partial charge in [0.1, 0.15) is 5.60 Å². The van der Waals surface area contributed by atoms with E-state index in [1.807, 2.05) is 25.7 Å². The zero-order valence-electron chi connectivity index (χ0n) is 14.6. The Labute approximate surface area is 130 Å². The molecule has 1 rings (SSSR count). The van der Waals surface area contributed by atoms with E-state index in [-0.39, 0.29) is 6.09 Å². The Morgan fingerprint density at radius 3 is 2.67 bits per heavy atom. The van der Waals surface area contributed by atoms with E-state index in [1.54, 1.807) is 0 Å². The molecule has 1 heterocycles. The third-order valence-electron chi connectivity index (χ3n) is 3.85. The van der Waals surface area contributed by atoms with Crippen LogP contribution in [0.1, 0.15) is 47.5 Å². The second-order valence-corrected chi connectivity index (χ2v) is 7.29. The Morgan fingerprint density at radius 1 is 1.43 bits per heavy atom. The van der Waals surface area contributed by atoms with Crippen molar-refractivity contribution in [2.75, 3.05) is 33.2 Å². The number of rotatable bonds is 5. The minimum atomic E-state index is -0.419. The maximum Gasteiger partial charge on any atom is 0.410 e. The summed E-state index contributed by atoms with van der Waals surface area (Å²) in [7, 11) is 2.14. The molecule has 0 aromatic rings. The van der Waals surface area contributed by atoms with E-state index in [0.717, 1.165) is 39.0 Å². The highest BCUT2D eigenvalue weighted by Gasteiger charge is 2.27. The van der Waals surface area contributed by atoms with Gasteiger partial charge in [0.05, 0.1) is 0 Å². The molecule has 1 aliphatic rings. The Bertz CT molecular complexity index is 326. The summed E-state index contributed by atoms with van der Waals surface area (Å²) < 4.78 is 5.45. The first kappa shape index (κ1) is 18.2. The van der Waals surface area contributed by atoms with Crippen molar-refractivity contribution in [3.63, 3.8) is 0 Å². The van der Waals surface area contributed by atoms with Gasteiger partial charge < -0.3 is 19.9 Å². The maximum absolute atomic E-state index is 12.1. The van der Waals surface area contributed by atoms with Crippen molar-refractivity contribution >= 4 is 6.09 Å². The van der Waals surface area contributed by atoms with Gasteiger partial charge >= 0.3 is 6.09 Å². The van der Waals surface area contributed by atoms with Crippen LogP contribution < -0.4 is 5.32 Å². The lowest BCUT2D eigenvalue weighted by Gasteiger charge is -2.35. The number of likely N-dealkylation sites (tertiary alicyclic amines) is 1. The molecular formula is C16H33N3O2. The van der Waals surface area contributed by atoms with Crippen LogP contribution in [0, 0.1) is 0 Å². The molecule has 0 saturated carbocycles. The molecule has 1 aliphatic heterocycles. The summed E-state index contributed by atoms with van der Waals surface area (Å²) in [5.41, 5.74) is -0.419. The van der Waals surface area contributed by atoms with Crippen molar-refractivity contribution in [3.05, 3.63) is 0 Å². The fourth-order valence-corrected chi connectivity index (χ4v) is 2.34. The first-order chi connectivity index (χ1) is 9.69. The van der Waals surface area contributed by atoms with Crippen molar-refractivity contribution < 1.29 is 9.53 Å². The van der Waals surface area contributed by atoms with Crippen LogP contribution in [0.2, 0.25) is 0 Å². The van der Waals surface area contributed by atoms with Crippen LogP contribution in [0.15, 0.2) is 0 Å². The van der Waals surface area contributed by atoms with Crippen LogP contribution in [0.25, 0.3) is 0 Å². The molecule has 0 bridgehead atoms. The average molecular weight is 299 g/mol. The zero-order valence-corrected chi connectivity index (χ0v) is 14.6. The van der Waals surface area contributed by atoms with Crippen molar-refractivity contribution in [2.24, 2.45) is 0 Å². The summed E-state index contributed by atoms with van der Waals surface area (Å²) in [6.07, 6.45) is 1.98. The third-order valence-corrected chi connectivity index (χ3v) is 3.85. The van der Waals surface area contributed by atoms with Crippen LogP contribution in [0.3, 0.4) is 0 Å². The smallest absolute Gasteiger partial charge is 0.410 e. The van der Waals surface area contributed by atoms with E-state index < -0.39 is 5.60 Å². The molecule has 1 saturated heterocycles.